The number of nitrogens with two attached hydrogens (primary N) is 2. The van der Waals surface area contributed by atoms with Crippen LogP contribution in [0.5, 0.6) is 0 Å². The number of primary amides is 2. The molecule has 0 aliphatic rings. The Labute approximate surface area is 196 Å². The largest absolute Gasteiger partial charge is 0.385 e. The van der Waals surface area contributed by atoms with E-state index in [9.17, 15) is 19.2 Å². The Morgan fingerprint density at radius 3 is 1.81 bits per heavy atom. The minimum atomic E-state index is -0.807. The minimum Gasteiger partial charge on any atom is -0.385 e. The number of anilines is 1. The lowest BCUT2D eigenvalue weighted by atomic mass is 10.1. The summed E-state index contributed by atoms with van der Waals surface area (Å²) >= 11 is 5.41. The van der Waals surface area contributed by atoms with Gasteiger partial charge in [0.15, 0.2) is 0 Å². The van der Waals surface area contributed by atoms with E-state index in [-0.39, 0.29) is 33.9 Å². The number of benzene rings is 1. The highest BCUT2D eigenvalue weighted by Crippen LogP contribution is 2.38. The highest BCUT2D eigenvalue weighted by molar-refractivity contribution is 14.1. The highest BCUT2D eigenvalue weighted by Gasteiger charge is 2.31. The van der Waals surface area contributed by atoms with E-state index in [0.29, 0.717) is 13.0 Å². The van der Waals surface area contributed by atoms with Gasteiger partial charge in [-0.3, -0.25) is 14.4 Å². The number of rotatable bonds is 7. The van der Waals surface area contributed by atoms with Gasteiger partial charge in [0.05, 0.1) is 24.7 Å². The number of hydroxylamine groups is 1. The first-order chi connectivity index (χ1) is 12.5. The number of hydrogen-bond acceptors (Lipinski definition) is 6. The lowest BCUT2D eigenvalue weighted by Crippen LogP contribution is -2.35. The van der Waals surface area contributed by atoms with Crippen LogP contribution in [0.15, 0.2) is 0 Å². The Kier molecular flexibility index (Phi) is 9.63. The van der Waals surface area contributed by atoms with Crippen LogP contribution < -0.4 is 16.5 Å². The summed E-state index contributed by atoms with van der Waals surface area (Å²) in [5.41, 5.74) is 11.0. The molecule has 0 saturated carbocycles. The molecule has 0 aliphatic heterocycles. The normalized spacial score (nSPS) is 10.4. The van der Waals surface area contributed by atoms with Crippen molar-refractivity contribution in [1.29, 1.82) is 0 Å². The average Bonchev–Trinajstić information content (AvgIpc) is 2.53. The smallest absolute Gasteiger partial charge is 0.333 e. The summed E-state index contributed by atoms with van der Waals surface area (Å²) in [7, 11) is 1.50. The van der Waals surface area contributed by atoms with E-state index in [4.69, 9.17) is 21.0 Å². The van der Waals surface area contributed by atoms with Gasteiger partial charge in [-0.15, -0.1) is 5.06 Å². The van der Waals surface area contributed by atoms with Crippen LogP contribution in [0.25, 0.3) is 0 Å². The van der Waals surface area contributed by atoms with Gasteiger partial charge >= 0.3 is 5.97 Å². The summed E-state index contributed by atoms with van der Waals surface area (Å²) in [5, 5.41) is 0.744. The fourth-order valence-corrected chi connectivity index (χ4v) is 6.71. The maximum absolute atomic E-state index is 12.1. The number of carbonyl (C=O) groups excluding carboxylic acids is 4. The summed E-state index contributed by atoms with van der Waals surface area (Å²) in [6, 6.07) is 0. The van der Waals surface area contributed by atoms with Crippen LogP contribution in [0, 0.1) is 10.7 Å². The molecule has 0 aliphatic carbocycles. The SMILES string of the molecule is COCCCC(=O)ON(C(C)=O)c1c(I)c(C(N)=O)c(I)c(C(N)=O)c1I. The summed E-state index contributed by atoms with van der Waals surface area (Å²) in [5.74, 6) is -2.91. The fourth-order valence-electron chi connectivity index (χ4n) is 2.04. The predicted octanol–water partition coefficient (Wildman–Crippen LogP) is 1.94. The van der Waals surface area contributed by atoms with Crippen molar-refractivity contribution >= 4 is 97.2 Å². The van der Waals surface area contributed by atoms with Gasteiger partial charge in [0, 0.05) is 24.2 Å². The quantitative estimate of drug-likeness (QED) is 0.251. The van der Waals surface area contributed by atoms with E-state index in [0.717, 1.165) is 5.06 Å². The van der Waals surface area contributed by atoms with E-state index in [1.54, 1.807) is 22.6 Å². The van der Waals surface area contributed by atoms with E-state index in [1.165, 1.54) is 14.0 Å². The lowest BCUT2D eigenvalue weighted by molar-refractivity contribution is -0.150. The van der Waals surface area contributed by atoms with Crippen LogP contribution >= 0.6 is 67.8 Å². The average molecular weight is 715 g/mol. The molecule has 0 bridgehead atoms. The second-order valence-corrected chi connectivity index (χ2v) is 8.38. The maximum Gasteiger partial charge on any atom is 0.333 e. The first-order valence-corrected chi connectivity index (χ1v) is 10.6. The van der Waals surface area contributed by atoms with Crippen molar-refractivity contribution < 1.29 is 28.8 Å². The Morgan fingerprint density at radius 1 is 0.963 bits per heavy atom. The predicted molar refractivity (Wildman–Crippen MR) is 122 cm³/mol. The number of halogens is 3. The van der Waals surface area contributed by atoms with Crippen molar-refractivity contribution in [3.8, 4) is 0 Å². The molecule has 0 atom stereocenters. The highest BCUT2D eigenvalue weighted by atomic mass is 127. The second kappa shape index (κ2) is 10.7. The standard InChI is InChI=1S/C15H16I3N3O6/c1-6(22)21(27-7(23)4-3-5-26-2)13-11(17)8(14(19)24)10(16)9(12(13)18)15(20)25/h3-5H2,1-2H3,(H2,19,24)(H2,20,25). The Morgan fingerprint density at radius 2 is 1.44 bits per heavy atom. The van der Waals surface area contributed by atoms with Crippen molar-refractivity contribution in [2.75, 3.05) is 18.8 Å². The van der Waals surface area contributed by atoms with Gasteiger partial charge in [-0.25, -0.2) is 4.79 Å². The van der Waals surface area contributed by atoms with Gasteiger partial charge in [0.25, 0.3) is 17.7 Å². The summed E-state index contributed by atoms with van der Waals surface area (Å²) in [4.78, 5) is 53.2. The number of amides is 3. The third kappa shape index (κ3) is 5.86. The molecule has 12 heteroatoms. The molecule has 0 saturated heterocycles. The molecule has 0 radical (unpaired) electrons. The molecular formula is C15H16I3N3O6. The summed E-state index contributed by atoms with van der Waals surface area (Å²) < 4.78 is 5.66. The van der Waals surface area contributed by atoms with Gasteiger partial charge in [0.2, 0.25) is 0 Å². The third-order valence-electron chi connectivity index (χ3n) is 3.20. The molecule has 27 heavy (non-hydrogen) atoms. The van der Waals surface area contributed by atoms with Crippen molar-refractivity contribution in [3.05, 3.63) is 21.8 Å². The maximum atomic E-state index is 12.1. The van der Waals surface area contributed by atoms with Crippen LogP contribution in [-0.2, 0) is 19.2 Å². The van der Waals surface area contributed by atoms with Crippen molar-refractivity contribution in [2.45, 2.75) is 19.8 Å². The van der Waals surface area contributed by atoms with Gasteiger partial charge < -0.3 is 21.0 Å². The second-order valence-electron chi connectivity index (χ2n) is 5.14. The molecule has 9 nitrogen and oxygen atoms in total. The Bertz CT molecular complexity index is 758. The zero-order valence-corrected chi connectivity index (χ0v) is 20.8. The minimum absolute atomic E-state index is 0.0144. The molecule has 4 N–H and O–H groups in total. The van der Waals surface area contributed by atoms with Crippen LogP contribution in [-0.4, -0.2) is 37.4 Å². The molecule has 0 unspecified atom stereocenters. The molecule has 0 heterocycles. The molecule has 148 valence electrons. The monoisotopic (exact) mass is 715 g/mol. The molecular weight excluding hydrogens is 699 g/mol. The third-order valence-corrected chi connectivity index (χ3v) is 6.38. The molecule has 1 rings (SSSR count). The first-order valence-electron chi connectivity index (χ1n) is 7.35. The molecule has 0 aromatic heterocycles. The molecule has 0 spiro atoms. The Hall–Kier alpha value is -0.750. The zero-order chi connectivity index (χ0) is 20.9. The zero-order valence-electron chi connectivity index (χ0n) is 14.3. The number of methoxy groups -OCH3 is 1. The van der Waals surface area contributed by atoms with Crippen LogP contribution in [0.4, 0.5) is 5.69 Å². The van der Waals surface area contributed by atoms with Crippen LogP contribution in [0.3, 0.4) is 0 Å². The number of ether oxygens (including phenoxy) is 1. The van der Waals surface area contributed by atoms with Gasteiger partial charge in [-0.05, 0) is 74.2 Å². The van der Waals surface area contributed by atoms with Crippen molar-refractivity contribution in [2.24, 2.45) is 11.5 Å². The molecule has 1 aromatic carbocycles. The van der Waals surface area contributed by atoms with Crippen LogP contribution in [0.2, 0.25) is 0 Å². The van der Waals surface area contributed by atoms with Crippen molar-refractivity contribution in [3.63, 3.8) is 0 Å². The molecule has 1 aromatic rings. The van der Waals surface area contributed by atoms with Gasteiger partial charge in [-0.2, -0.15) is 0 Å². The summed E-state index contributed by atoms with van der Waals surface area (Å²) in [6.45, 7) is 1.53. The summed E-state index contributed by atoms with van der Waals surface area (Å²) in [6.07, 6.45) is 0.418. The lowest BCUT2D eigenvalue weighted by Gasteiger charge is -2.25. The Balaban J connectivity index is 3.54. The first kappa shape index (κ1) is 24.3. The topological polar surface area (TPSA) is 142 Å². The van der Waals surface area contributed by atoms with E-state index < -0.39 is 23.7 Å². The van der Waals surface area contributed by atoms with E-state index in [2.05, 4.69) is 0 Å². The van der Waals surface area contributed by atoms with Crippen molar-refractivity contribution in [1.82, 2.24) is 0 Å². The molecule has 3 amide bonds. The van der Waals surface area contributed by atoms with E-state index >= 15 is 0 Å². The molecule has 0 fully saturated rings. The van der Waals surface area contributed by atoms with Gasteiger partial charge in [-0.1, -0.05) is 0 Å². The number of hydrogen-bond donors (Lipinski definition) is 2. The van der Waals surface area contributed by atoms with E-state index in [1.807, 2.05) is 45.2 Å². The van der Waals surface area contributed by atoms with Gasteiger partial charge in [0.1, 0.15) is 5.69 Å². The number of nitrogens with zero attached hydrogens (tertiary/aromatic N) is 1. The fraction of sp³-hybridized carbons (Fsp3) is 0.333. The number of carbonyl (C=O) groups is 4. The van der Waals surface area contributed by atoms with Crippen LogP contribution in [0.1, 0.15) is 40.5 Å².